The number of esters is 1. The van der Waals surface area contributed by atoms with Crippen LogP contribution in [0.3, 0.4) is 0 Å². The van der Waals surface area contributed by atoms with Crippen LogP contribution in [-0.2, 0) is 20.7 Å². The summed E-state index contributed by atoms with van der Waals surface area (Å²) in [4.78, 5) is 11.5. The van der Waals surface area contributed by atoms with E-state index in [4.69, 9.17) is 9.47 Å². The van der Waals surface area contributed by atoms with Crippen molar-refractivity contribution in [2.45, 2.75) is 32.7 Å². The maximum absolute atomic E-state index is 11.5. The highest BCUT2D eigenvalue weighted by Crippen LogP contribution is 2.14. The van der Waals surface area contributed by atoms with Crippen molar-refractivity contribution in [2.75, 3.05) is 27.4 Å². The summed E-state index contributed by atoms with van der Waals surface area (Å²) in [5.74, 6) is -0.190. The lowest BCUT2D eigenvalue weighted by atomic mass is 9.97. The molecule has 1 atom stereocenters. The zero-order valence-corrected chi connectivity index (χ0v) is 12.9. The molecule has 0 aliphatic carbocycles. The third kappa shape index (κ3) is 5.72. The monoisotopic (exact) mass is 279 g/mol. The fraction of sp³-hybridized carbons (Fsp3) is 0.562. The molecule has 1 N–H and O–H groups in total. The van der Waals surface area contributed by atoms with E-state index in [-0.39, 0.29) is 12.0 Å². The topological polar surface area (TPSA) is 47.6 Å². The molecule has 0 radical (unpaired) electrons. The van der Waals surface area contributed by atoms with Crippen molar-refractivity contribution < 1.29 is 14.3 Å². The lowest BCUT2D eigenvalue weighted by molar-refractivity contribution is -0.141. The number of hydrogen-bond acceptors (Lipinski definition) is 4. The fourth-order valence-electron chi connectivity index (χ4n) is 2.21. The minimum absolute atomic E-state index is 0.0685. The first-order valence-electron chi connectivity index (χ1n) is 6.92. The molecule has 1 rings (SSSR count). The van der Waals surface area contributed by atoms with E-state index in [0.29, 0.717) is 13.0 Å². The molecule has 20 heavy (non-hydrogen) atoms. The Bertz CT molecular complexity index is 432. The molecule has 112 valence electrons. The second-order valence-electron chi connectivity index (χ2n) is 5.06. The van der Waals surface area contributed by atoms with Gasteiger partial charge in [-0.25, -0.2) is 0 Å². The van der Waals surface area contributed by atoms with Crippen molar-refractivity contribution in [3.8, 4) is 0 Å². The Hall–Kier alpha value is -1.39. The number of methoxy groups -OCH3 is 2. The summed E-state index contributed by atoms with van der Waals surface area (Å²) in [6, 6.07) is 6.47. The number of carbonyl (C=O) groups excluding carboxylic acids is 1. The first kappa shape index (κ1) is 16.7. The van der Waals surface area contributed by atoms with E-state index < -0.39 is 0 Å². The zero-order valence-electron chi connectivity index (χ0n) is 12.9. The van der Waals surface area contributed by atoms with Crippen molar-refractivity contribution in [3.63, 3.8) is 0 Å². The van der Waals surface area contributed by atoms with Gasteiger partial charge in [-0.2, -0.15) is 0 Å². The summed E-state index contributed by atoms with van der Waals surface area (Å²) in [5, 5.41) is 3.35. The van der Waals surface area contributed by atoms with Gasteiger partial charge in [0.05, 0.1) is 20.1 Å². The van der Waals surface area contributed by atoms with Gasteiger partial charge in [-0.05, 0) is 31.4 Å². The van der Waals surface area contributed by atoms with Gasteiger partial charge in [0.2, 0.25) is 0 Å². The number of carbonyl (C=O) groups is 1. The predicted octanol–water partition coefficient (Wildman–Crippen LogP) is 2.01. The van der Waals surface area contributed by atoms with Crippen LogP contribution < -0.4 is 5.32 Å². The molecule has 0 saturated heterocycles. The third-order valence-electron chi connectivity index (χ3n) is 3.34. The second kappa shape index (κ2) is 8.72. The van der Waals surface area contributed by atoms with E-state index in [9.17, 15) is 4.79 Å². The molecule has 0 amide bonds. The van der Waals surface area contributed by atoms with Crippen molar-refractivity contribution >= 4 is 5.97 Å². The molecule has 0 spiro atoms. The molecule has 0 heterocycles. The van der Waals surface area contributed by atoms with E-state index in [1.165, 1.54) is 23.8 Å². The third-order valence-corrected chi connectivity index (χ3v) is 3.34. The van der Waals surface area contributed by atoms with E-state index >= 15 is 0 Å². The predicted molar refractivity (Wildman–Crippen MR) is 79.9 cm³/mol. The van der Waals surface area contributed by atoms with Gasteiger partial charge in [0.1, 0.15) is 0 Å². The van der Waals surface area contributed by atoms with Gasteiger partial charge in [-0.1, -0.05) is 23.8 Å². The van der Waals surface area contributed by atoms with Gasteiger partial charge in [0.25, 0.3) is 0 Å². The van der Waals surface area contributed by atoms with Crippen LogP contribution in [0.25, 0.3) is 0 Å². The molecule has 0 aromatic heterocycles. The van der Waals surface area contributed by atoms with Crippen LogP contribution in [0, 0.1) is 13.8 Å². The molecule has 4 heteroatoms. The van der Waals surface area contributed by atoms with Crippen molar-refractivity contribution in [3.05, 3.63) is 34.9 Å². The number of benzene rings is 1. The Morgan fingerprint density at radius 2 is 2.05 bits per heavy atom. The molecule has 0 aliphatic rings. The number of ether oxygens (including phenoxy) is 2. The molecule has 0 saturated carbocycles. The smallest absolute Gasteiger partial charge is 0.307 e. The van der Waals surface area contributed by atoms with Crippen LogP contribution in [0.4, 0.5) is 0 Å². The SMILES string of the molecule is COCCNC(CC(=O)OC)Cc1ccc(C)cc1C. The highest BCUT2D eigenvalue weighted by atomic mass is 16.5. The van der Waals surface area contributed by atoms with Crippen LogP contribution in [0.15, 0.2) is 18.2 Å². The molecule has 1 unspecified atom stereocenters. The summed E-state index contributed by atoms with van der Waals surface area (Å²) in [6.45, 7) is 5.54. The Balaban J connectivity index is 2.68. The normalized spacial score (nSPS) is 12.2. The Labute approximate surface area is 121 Å². The van der Waals surface area contributed by atoms with Crippen LogP contribution in [0.5, 0.6) is 0 Å². The van der Waals surface area contributed by atoms with E-state index in [1.54, 1.807) is 7.11 Å². The van der Waals surface area contributed by atoms with Crippen LogP contribution in [-0.4, -0.2) is 39.4 Å². The molecule has 1 aromatic rings. The standard InChI is InChI=1S/C16H25NO3/c1-12-5-6-14(13(2)9-12)10-15(11-16(18)20-4)17-7-8-19-3/h5-6,9,15,17H,7-8,10-11H2,1-4H3. The minimum atomic E-state index is -0.190. The fourth-order valence-corrected chi connectivity index (χ4v) is 2.21. The Morgan fingerprint density at radius 1 is 1.30 bits per heavy atom. The molecule has 4 nitrogen and oxygen atoms in total. The van der Waals surface area contributed by atoms with Crippen molar-refractivity contribution in [1.29, 1.82) is 0 Å². The van der Waals surface area contributed by atoms with Crippen LogP contribution in [0.1, 0.15) is 23.1 Å². The van der Waals surface area contributed by atoms with Gasteiger partial charge in [0.15, 0.2) is 0 Å². The molecular weight excluding hydrogens is 254 g/mol. The first-order chi connectivity index (χ1) is 9.56. The average molecular weight is 279 g/mol. The lowest BCUT2D eigenvalue weighted by Gasteiger charge is -2.19. The number of nitrogens with one attached hydrogen (secondary N) is 1. The van der Waals surface area contributed by atoms with Gasteiger partial charge < -0.3 is 14.8 Å². The van der Waals surface area contributed by atoms with E-state index in [0.717, 1.165) is 13.0 Å². The Morgan fingerprint density at radius 3 is 2.65 bits per heavy atom. The van der Waals surface area contributed by atoms with Crippen molar-refractivity contribution in [1.82, 2.24) is 5.32 Å². The molecule has 0 fully saturated rings. The largest absolute Gasteiger partial charge is 0.469 e. The lowest BCUT2D eigenvalue weighted by Crippen LogP contribution is -2.36. The van der Waals surface area contributed by atoms with Gasteiger partial charge in [-0.3, -0.25) is 4.79 Å². The Kier molecular flexibility index (Phi) is 7.26. The zero-order chi connectivity index (χ0) is 15.0. The summed E-state index contributed by atoms with van der Waals surface area (Å²) < 4.78 is 9.80. The number of rotatable bonds is 8. The number of hydrogen-bond donors (Lipinski definition) is 1. The molecule has 0 bridgehead atoms. The molecule has 0 aliphatic heterocycles. The quantitative estimate of drug-likeness (QED) is 0.584. The summed E-state index contributed by atoms with van der Waals surface area (Å²) >= 11 is 0. The summed E-state index contributed by atoms with van der Waals surface area (Å²) in [5.41, 5.74) is 3.77. The highest BCUT2D eigenvalue weighted by molar-refractivity contribution is 5.70. The second-order valence-corrected chi connectivity index (χ2v) is 5.06. The van der Waals surface area contributed by atoms with Gasteiger partial charge >= 0.3 is 5.97 Å². The number of aryl methyl sites for hydroxylation is 2. The summed E-state index contributed by atoms with van der Waals surface area (Å²) in [6.07, 6.45) is 1.18. The van der Waals surface area contributed by atoms with E-state index in [1.807, 2.05) is 0 Å². The highest BCUT2D eigenvalue weighted by Gasteiger charge is 2.15. The molecule has 1 aromatic carbocycles. The maximum atomic E-state index is 11.5. The van der Waals surface area contributed by atoms with Crippen LogP contribution >= 0.6 is 0 Å². The van der Waals surface area contributed by atoms with Gasteiger partial charge in [-0.15, -0.1) is 0 Å². The average Bonchev–Trinajstić information content (AvgIpc) is 2.41. The van der Waals surface area contributed by atoms with Crippen molar-refractivity contribution in [2.24, 2.45) is 0 Å². The van der Waals surface area contributed by atoms with Crippen LogP contribution in [0.2, 0.25) is 0 Å². The summed E-state index contributed by atoms with van der Waals surface area (Å²) in [7, 11) is 3.09. The molecular formula is C16H25NO3. The first-order valence-corrected chi connectivity index (χ1v) is 6.92. The maximum Gasteiger partial charge on any atom is 0.307 e. The minimum Gasteiger partial charge on any atom is -0.469 e. The van der Waals surface area contributed by atoms with E-state index in [2.05, 4.69) is 37.4 Å². The van der Waals surface area contributed by atoms with Gasteiger partial charge in [0, 0.05) is 19.7 Å².